The van der Waals surface area contributed by atoms with Gasteiger partial charge in [-0.15, -0.1) is 5.11 Å². The number of phenolic OH excluding ortho intramolecular Hbond substituents is 1. The van der Waals surface area contributed by atoms with Gasteiger partial charge in [-0.25, -0.2) is 4.18 Å². The number of nitrogens with zero attached hydrogens (tertiary/aromatic N) is 2. The van der Waals surface area contributed by atoms with Crippen molar-refractivity contribution in [2.45, 2.75) is 25.7 Å². The Morgan fingerprint density at radius 1 is 1.00 bits per heavy atom. The van der Waals surface area contributed by atoms with Crippen molar-refractivity contribution in [1.82, 2.24) is 0 Å². The maximum absolute atomic E-state index is 12.0. The van der Waals surface area contributed by atoms with E-state index in [1.165, 1.54) is 18.2 Å². The zero-order chi connectivity index (χ0) is 24.4. The van der Waals surface area contributed by atoms with Crippen LogP contribution in [0.5, 0.6) is 5.75 Å². The third kappa shape index (κ3) is 6.48. The molecule has 0 atom stereocenters. The maximum atomic E-state index is 12.0. The Kier molecular flexibility index (Phi) is 8.34. The third-order valence-electron chi connectivity index (χ3n) is 4.67. The van der Waals surface area contributed by atoms with Gasteiger partial charge in [0.1, 0.15) is 10.6 Å². The van der Waals surface area contributed by atoms with Gasteiger partial charge in [0, 0.05) is 18.1 Å². The summed E-state index contributed by atoms with van der Waals surface area (Å²) < 4.78 is 67.6. The minimum Gasteiger partial charge on any atom is -0.505 e. The average Bonchev–Trinajstić information content (AvgIpc) is 2.71. The molecule has 0 amide bonds. The van der Waals surface area contributed by atoms with Crippen LogP contribution in [0.2, 0.25) is 0 Å². The van der Waals surface area contributed by atoms with Crippen LogP contribution in [0.25, 0.3) is 10.8 Å². The molecule has 0 fully saturated rings. The number of benzene rings is 3. The van der Waals surface area contributed by atoms with Crippen molar-refractivity contribution in [3.63, 3.8) is 0 Å². The van der Waals surface area contributed by atoms with Crippen LogP contribution in [0.1, 0.15) is 18.6 Å². The Bertz CT molecular complexity index is 1440. The number of phenols is 1. The predicted molar refractivity (Wildman–Crippen MR) is 128 cm³/mol. The Morgan fingerprint density at radius 2 is 1.65 bits per heavy atom. The van der Waals surface area contributed by atoms with Crippen LogP contribution < -0.4 is 5.32 Å². The van der Waals surface area contributed by atoms with Gasteiger partial charge in [-0.1, -0.05) is 25.6 Å². The molecule has 184 valence electrons. The molecule has 4 N–H and O–H groups in total. The number of aryl methyl sites for hydroxylation is 1. The lowest BCUT2D eigenvalue weighted by Crippen LogP contribution is -2.06. The van der Waals surface area contributed by atoms with Crippen molar-refractivity contribution in [3.05, 3.63) is 53.6 Å². The molecule has 0 aliphatic carbocycles. The van der Waals surface area contributed by atoms with Gasteiger partial charge in [0.25, 0.3) is 10.1 Å². The van der Waals surface area contributed by atoms with Gasteiger partial charge in [-0.3, -0.25) is 9.11 Å². The number of azo groups is 1. The van der Waals surface area contributed by atoms with Crippen molar-refractivity contribution >= 4 is 48.4 Å². The lowest BCUT2D eigenvalue weighted by atomic mass is 10.0. The average molecular weight is 512 g/mol. The van der Waals surface area contributed by atoms with E-state index in [4.69, 9.17) is 4.55 Å². The van der Waals surface area contributed by atoms with E-state index in [-0.39, 0.29) is 20.5 Å². The van der Waals surface area contributed by atoms with Gasteiger partial charge in [0.05, 0.1) is 12.3 Å². The van der Waals surface area contributed by atoms with Gasteiger partial charge in [0.15, 0.2) is 5.75 Å². The van der Waals surface area contributed by atoms with Crippen molar-refractivity contribution in [2.24, 2.45) is 10.2 Å². The van der Waals surface area contributed by atoms with E-state index in [0.29, 0.717) is 27.7 Å². The van der Waals surface area contributed by atoms with Crippen molar-refractivity contribution in [1.29, 1.82) is 0 Å². The van der Waals surface area contributed by atoms with Gasteiger partial charge in [-0.2, -0.15) is 21.9 Å². The summed E-state index contributed by atoms with van der Waals surface area (Å²) in [6.07, 6.45) is 0.196. The maximum Gasteiger partial charge on any atom is 0.397 e. The fraction of sp³-hybridized carbons (Fsp3) is 0.238. The SMILES string of the molecule is C.CNc1cc(C)cc2cc(S(=O)(=O)O)c(N=Nc3ccc(CCOS(=O)(=O)O)cc3)c(O)c12. The lowest BCUT2D eigenvalue weighted by Gasteiger charge is -2.13. The summed E-state index contributed by atoms with van der Waals surface area (Å²) in [4.78, 5) is -0.595. The van der Waals surface area contributed by atoms with Gasteiger partial charge in [0.2, 0.25) is 0 Å². The number of aromatic hydroxyl groups is 1. The Hall–Kier alpha value is -3.10. The number of rotatable bonds is 8. The summed E-state index contributed by atoms with van der Waals surface area (Å²) in [5.74, 6) is -0.466. The first-order valence-corrected chi connectivity index (χ1v) is 12.3. The van der Waals surface area contributed by atoms with E-state index in [1.807, 2.05) is 0 Å². The van der Waals surface area contributed by atoms with E-state index >= 15 is 0 Å². The third-order valence-corrected chi connectivity index (χ3v) is 6.00. The molecule has 3 rings (SSSR count). The molecule has 34 heavy (non-hydrogen) atoms. The lowest BCUT2D eigenvalue weighted by molar-refractivity contribution is 0.272. The van der Waals surface area contributed by atoms with Gasteiger partial charge < -0.3 is 10.4 Å². The van der Waals surface area contributed by atoms with Crippen LogP contribution in [-0.2, 0) is 31.1 Å². The molecule has 0 spiro atoms. The second-order valence-corrected chi connectivity index (χ2v) is 9.55. The fourth-order valence-electron chi connectivity index (χ4n) is 3.23. The van der Waals surface area contributed by atoms with Gasteiger partial charge in [-0.05, 0) is 54.1 Å². The zero-order valence-corrected chi connectivity index (χ0v) is 19.2. The van der Waals surface area contributed by atoms with Crippen molar-refractivity contribution in [2.75, 3.05) is 19.0 Å². The fourth-order valence-corrected chi connectivity index (χ4v) is 4.18. The Balaban J connectivity index is 0.00000408. The summed E-state index contributed by atoms with van der Waals surface area (Å²) in [7, 11) is -7.60. The summed E-state index contributed by atoms with van der Waals surface area (Å²) >= 11 is 0. The van der Waals surface area contributed by atoms with E-state index in [0.717, 1.165) is 5.56 Å². The van der Waals surface area contributed by atoms with E-state index in [2.05, 4.69) is 19.7 Å². The summed E-state index contributed by atoms with van der Waals surface area (Å²) in [5.41, 5.74) is 1.91. The summed E-state index contributed by atoms with van der Waals surface area (Å²) in [6.45, 7) is 1.55. The molecule has 0 heterocycles. The largest absolute Gasteiger partial charge is 0.505 e. The number of anilines is 1. The number of fused-ring (bicyclic) bond motifs is 1. The van der Waals surface area contributed by atoms with E-state index in [9.17, 15) is 26.5 Å². The molecule has 0 bridgehead atoms. The van der Waals surface area contributed by atoms with Crippen LogP contribution in [0, 0.1) is 6.92 Å². The molecule has 13 heteroatoms. The second kappa shape index (κ2) is 10.4. The van der Waals surface area contributed by atoms with E-state index in [1.54, 1.807) is 38.2 Å². The molecule has 0 aliphatic heterocycles. The van der Waals surface area contributed by atoms with Crippen LogP contribution in [0.3, 0.4) is 0 Å². The highest BCUT2D eigenvalue weighted by atomic mass is 32.3. The first-order valence-electron chi connectivity index (χ1n) is 9.47. The molecule has 0 saturated heterocycles. The van der Waals surface area contributed by atoms with Gasteiger partial charge >= 0.3 is 10.4 Å². The molecular formula is C21H25N3O8S2. The normalized spacial score (nSPS) is 12.1. The first-order chi connectivity index (χ1) is 15.4. The molecule has 3 aromatic rings. The highest BCUT2D eigenvalue weighted by Gasteiger charge is 2.23. The number of nitrogens with one attached hydrogen (secondary N) is 1. The summed E-state index contributed by atoms with van der Waals surface area (Å²) in [6, 6.07) is 10.9. The predicted octanol–water partition coefficient (Wildman–Crippen LogP) is 4.56. The van der Waals surface area contributed by atoms with Crippen molar-refractivity contribution in [3.8, 4) is 5.75 Å². The van der Waals surface area contributed by atoms with Crippen LogP contribution >= 0.6 is 0 Å². The molecule has 0 aromatic heterocycles. The Labute approximate surface area is 197 Å². The highest BCUT2D eigenvalue weighted by molar-refractivity contribution is 7.86. The molecular weight excluding hydrogens is 486 g/mol. The monoisotopic (exact) mass is 511 g/mol. The molecule has 0 unspecified atom stereocenters. The van der Waals surface area contributed by atoms with Crippen molar-refractivity contribution < 1.29 is 35.2 Å². The van der Waals surface area contributed by atoms with Crippen LogP contribution in [0.4, 0.5) is 17.1 Å². The minimum atomic E-state index is -4.73. The van der Waals surface area contributed by atoms with E-state index < -0.39 is 36.8 Å². The summed E-state index contributed by atoms with van der Waals surface area (Å²) in [5, 5.41) is 22.3. The Morgan fingerprint density at radius 3 is 2.21 bits per heavy atom. The smallest absolute Gasteiger partial charge is 0.397 e. The number of hydrogen-bond donors (Lipinski definition) is 4. The quantitative estimate of drug-likeness (QED) is 0.249. The molecule has 3 aromatic carbocycles. The molecule has 0 saturated carbocycles. The van der Waals surface area contributed by atoms with Crippen LogP contribution in [0.15, 0.2) is 57.6 Å². The highest BCUT2D eigenvalue weighted by Crippen LogP contribution is 2.44. The zero-order valence-electron chi connectivity index (χ0n) is 17.5. The topological polar surface area (TPSA) is 175 Å². The molecule has 11 nitrogen and oxygen atoms in total. The van der Waals surface area contributed by atoms with Crippen LogP contribution in [-0.4, -0.2) is 44.7 Å². The second-order valence-electron chi connectivity index (χ2n) is 7.07. The standard InChI is InChI=1S/C20H21N3O8S2.CH4/c1-12-9-14-11-17(32(25,26)27)19(20(24)18(14)16(10-12)21-2)23-22-15-5-3-13(4-6-15)7-8-31-33(28,29)30;/h3-6,9-11,21,24H,7-8H2,1-2H3,(H,25,26,27)(H,28,29,30);1H4. The number of hydrogen-bond acceptors (Lipinski definition) is 9. The minimum absolute atomic E-state index is 0. The first kappa shape index (κ1) is 27.1. The molecule has 0 aliphatic rings. The molecule has 0 radical (unpaired) electrons.